The van der Waals surface area contributed by atoms with Crippen LogP contribution >= 0.6 is 0 Å². The number of benzene rings is 2. The predicted octanol–water partition coefficient (Wildman–Crippen LogP) is 4.90. The molecule has 0 spiro atoms. The number of carbonyl (C=O) groups is 2. The first kappa shape index (κ1) is 22.3. The molecule has 4 rings (SSSR count). The van der Waals surface area contributed by atoms with Crippen LogP contribution in [0.4, 0.5) is 5.69 Å². The molecular weight excluding hydrogens is 416 g/mol. The molecule has 1 unspecified atom stereocenters. The SMILES string of the molecule is CCc1ccc(N2C(=O)C(=O)/C(=C(/O)c3cc(C)cc(C)c3OC)C2c2ccncc2)cc1. The molecule has 1 aromatic heterocycles. The molecule has 6 nitrogen and oxygen atoms in total. The fraction of sp³-hybridized carbons (Fsp3) is 0.222. The van der Waals surface area contributed by atoms with Crippen molar-refractivity contribution in [1.29, 1.82) is 0 Å². The molecule has 0 bridgehead atoms. The van der Waals surface area contributed by atoms with Gasteiger partial charge in [0.25, 0.3) is 11.7 Å². The number of rotatable bonds is 5. The minimum absolute atomic E-state index is 0.0223. The fourth-order valence-corrected chi connectivity index (χ4v) is 4.40. The Hall–Kier alpha value is -3.93. The Morgan fingerprint density at radius 2 is 1.73 bits per heavy atom. The van der Waals surface area contributed by atoms with Gasteiger partial charge in [0.1, 0.15) is 11.5 Å². The van der Waals surface area contributed by atoms with E-state index < -0.39 is 17.7 Å². The molecule has 0 saturated carbocycles. The Balaban J connectivity index is 1.97. The Kier molecular flexibility index (Phi) is 6.01. The van der Waals surface area contributed by atoms with Gasteiger partial charge >= 0.3 is 0 Å². The van der Waals surface area contributed by atoms with Gasteiger partial charge in [0.15, 0.2) is 0 Å². The van der Waals surface area contributed by atoms with Gasteiger partial charge in [-0.1, -0.05) is 25.1 Å². The number of pyridine rings is 1. The van der Waals surface area contributed by atoms with Gasteiger partial charge in [-0.05, 0) is 72.9 Å². The zero-order valence-corrected chi connectivity index (χ0v) is 19.1. The lowest BCUT2D eigenvalue weighted by molar-refractivity contribution is -0.132. The second kappa shape index (κ2) is 8.90. The number of anilines is 1. The first-order valence-corrected chi connectivity index (χ1v) is 10.8. The molecular formula is C27H26N2O4. The first-order chi connectivity index (χ1) is 15.9. The van der Waals surface area contributed by atoms with Gasteiger partial charge in [-0.3, -0.25) is 19.5 Å². The number of ketones is 1. The average Bonchev–Trinajstić information content (AvgIpc) is 3.09. The normalized spacial score (nSPS) is 17.5. The second-order valence-corrected chi connectivity index (χ2v) is 8.13. The van der Waals surface area contributed by atoms with Crippen LogP contribution in [0, 0.1) is 13.8 Å². The summed E-state index contributed by atoms with van der Waals surface area (Å²) in [6.45, 7) is 5.82. The molecule has 1 amide bonds. The zero-order valence-electron chi connectivity index (χ0n) is 19.1. The number of hydrogen-bond acceptors (Lipinski definition) is 5. The van der Waals surface area contributed by atoms with E-state index >= 15 is 0 Å². The summed E-state index contributed by atoms with van der Waals surface area (Å²) in [6.07, 6.45) is 4.07. The third-order valence-electron chi connectivity index (χ3n) is 5.97. The topological polar surface area (TPSA) is 79.7 Å². The molecule has 6 heteroatoms. The van der Waals surface area contributed by atoms with Crippen molar-refractivity contribution in [3.05, 3.63) is 94.3 Å². The van der Waals surface area contributed by atoms with E-state index in [9.17, 15) is 14.7 Å². The smallest absolute Gasteiger partial charge is 0.300 e. The molecule has 2 heterocycles. The van der Waals surface area contributed by atoms with Crippen LogP contribution in [0.3, 0.4) is 0 Å². The molecule has 1 fully saturated rings. The van der Waals surface area contributed by atoms with Crippen LogP contribution in [0.2, 0.25) is 0 Å². The first-order valence-electron chi connectivity index (χ1n) is 10.8. The average molecular weight is 443 g/mol. The molecule has 0 radical (unpaired) electrons. The van der Waals surface area contributed by atoms with Crippen LogP contribution in [0.15, 0.2) is 66.5 Å². The van der Waals surface area contributed by atoms with Crippen molar-refractivity contribution in [2.75, 3.05) is 12.0 Å². The number of carbonyl (C=O) groups excluding carboxylic acids is 2. The Labute approximate surface area is 193 Å². The zero-order chi connectivity index (χ0) is 23.7. The molecule has 33 heavy (non-hydrogen) atoms. The lowest BCUT2D eigenvalue weighted by Crippen LogP contribution is -2.29. The van der Waals surface area contributed by atoms with Gasteiger partial charge < -0.3 is 9.84 Å². The van der Waals surface area contributed by atoms with E-state index in [1.165, 1.54) is 12.0 Å². The van der Waals surface area contributed by atoms with E-state index in [-0.39, 0.29) is 11.3 Å². The predicted molar refractivity (Wildman–Crippen MR) is 127 cm³/mol. The third-order valence-corrected chi connectivity index (χ3v) is 5.97. The summed E-state index contributed by atoms with van der Waals surface area (Å²) in [6, 6.07) is 13.9. The lowest BCUT2D eigenvalue weighted by atomic mass is 9.94. The van der Waals surface area contributed by atoms with Gasteiger partial charge in [-0.25, -0.2) is 0 Å². The van der Waals surface area contributed by atoms with Crippen molar-refractivity contribution in [2.24, 2.45) is 0 Å². The minimum Gasteiger partial charge on any atom is -0.507 e. The molecule has 1 N–H and O–H groups in total. The van der Waals surface area contributed by atoms with Crippen molar-refractivity contribution in [2.45, 2.75) is 33.2 Å². The third kappa shape index (κ3) is 3.89. The maximum Gasteiger partial charge on any atom is 0.300 e. The quantitative estimate of drug-likeness (QED) is 0.346. The summed E-state index contributed by atoms with van der Waals surface area (Å²) in [4.78, 5) is 32.1. The van der Waals surface area contributed by atoms with Crippen molar-refractivity contribution < 1.29 is 19.4 Å². The Bertz CT molecular complexity index is 1250. The highest BCUT2D eigenvalue weighted by atomic mass is 16.5. The summed E-state index contributed by atoms with van der Waals surface area (Å²) < 4.78 is 5.54. The van der Waals surface area contributed by atoms with E-state index in [1.807, 2.05) is 44.2 Å². The maximum absolute atomic E-state index is 13.3. The molecule has 0 aliphatic carbocycles. The maximum atomic E-state index is 13.3. The van der Waals surface area contributed by atoms with Gasteiger partial charge in [-0.2, -0.15) is 0 Å². The summed E-state index contributed by atoms with van der Waals surface area (Å²) in [5.41, 5.74) is 4.51. The summed E-state index contributed by atoms with van der Waals surface area (Å²) in [5, 5.41) is 11.4. The highest BCUT2D eigenvalue weighted by Gasteiger charge is 2.47. The molecule has 1 aliphatic rings. The number of methoxy groups -OCH3 is 1. The van der Waals surface area contributed by atoms with Crippen LogP contribution in [-0.2, 0) is 16.0 Å². The number of amides is 1. The van der Waals surface area contributed by atoms with E-state index in [2.05, 4.69) is 11.9 Å². The number of nitrogens with zero attached hydrogens (tertiary/aromatic N) is 2. The highest BCUT2D eigenvalue weighted by Crippen LogP contribution is 2.43. The highest BCUT2D eigenvalue weighted by molar-refractivity contribution is 6.51. The largest absolute Gasteiger partial charge is 0.507 e. The Morgan fingerprint density at radius 1 is 1.06 bits per heavy atom. The van der Waals surface area contributed by atoms with Crippen LogP contribution in [0.5, 0.6) is 5.75 Å². The summed E-state index contributed by atoms with van der Waals surface area (Å²) in [5.74, 6) is -1.22. The van der Waals surface area contributed by atoms with E-state index in [0.29, 0.717) is 22.6 Å². The van der Waals surface area contributed by atoms with Crippen LogP contribution in [0.25, 0.3) is 5.76 Å². The van der Waals surface area contributed by atoms with Gasteiger partial charge in [0.2, 0.25) is 0 Å². The number of aromatic nitrogens is 1. The van der Waals surface area contributed by atoms with Crippen molar-refractivity contribution >= 4 is 23.1 Å². The van der Waals surface area contributed by atoms with Crippen LogP contribution in [0.1, 0.15) is 40.8 Å². The molecule has 1 aliphatic heterocycles. The number of ether oxygens (including phenoxy) is 1. The van der Waals surface area contributed by atoms with Gasteiger partial charge in [0.05, 0.1) is 24.3 Å². The van der Waals surface area contributed by atoms with E-state index in [1.54, 1.807) is 30.6 Å². The number of aryl methyl sites for hydroxylation is 3. The molecule has 2 aromatic carbocycles. The molecule has 168 valence electrons. The number of Topliss-reactive ketones (excluding diaryl/α,β-unsaturated/α-hetero) is 1. The Morgan fingerprint density at radius 3 is 2.33 bits per heavy atom. The van der Waals surface area contributed by atoms with Gasteiger partial charge in [-0.15, -0.1) is 0 Å². The summed E-state index contributed by atoms with van der Waals surface area (Å²) >= 11 is 0. The molecule has 1 atom stereocenters. The minimum atomic E-state index is -0.800. The van der Waals surface area contributed by atoms with Crippen LogP contribution in [-0.4, -0.2) is 28.9 Å². The second-order valence-electron chi connectivity index (χ2n) is 8.13. The van der Waals surface area contributed by atoms with Gasteiger partial charge in [0, 0.05) is 18.1 Å². The van der Waals surface area contributed by atoms with E-state index in [0.717, 1.165) is 23.1 Å². The monoisotopic (exact) mass is 442 g/mol. The van der Waals surface area contributed by atoms with Crippen molar-refractivity contribution in [1.82, 2.24) is 4.98 Å². The lowest BCUT2D eigenvalue weighted by Gasteiger charge is -2.25. The van der Waals surface area contributed by atoms with Crippen LogP contribution < -0.4 is 9.64 Å². The number of aliphatic hydroxyl groups excluding tert-OH is 1. The van der Waals surface area contributed by atoms with E-state index in [4.69, 9.17) is 4.74 Å². The van der Waals surface area contributed by atoms with Crippen molar-refractivity contribution in [3.8, 4) is 5.75 Å². The van der Waals surface area contributed by atoms with Crippen molar-refractivity contribution in [3.63, 3.8) is 0 Å². The molecule has 1 saturated heterocycles. The number of aliphatic hydroxyl groups is 1. The standard InChI is InChI=1S/C27H26N2O4/c1-5-18-6-8-20(9-7-18)29-23(19-10-12-28-13-11-19)22(25(31)27(29)32)24(30)21-15-16(2)14-17(3)26(21)33-4/h6-15,23,30H,5H2,1-4H3/b24-22+. The number of hydrogen-bond donors (Lipinski definition) is 1. The fourth-order valence-electron chi connectivity index (χ4n) is 4.40. The molecule has 3 aromatic rings. The summed E-state index contributed by atoms with van der Waals surface area (Å²) in [7, 11) is 1.52.